The van der Waals surface area contributed by atoms with Crippen LogP contribution in [0.25, 0.3) is 10.8 Å². The highest BCUT2D eigenvalue weighted by Crippen LogP contribution is 2.52. The van der Waals surface area contributed by atoms with E-state index in [1.807, 2.05) is 0 Å². The fourth-order valence-corrected chi connectivity index (χ4v) is 8.41. The number of hydrogen-bond acceptors (Lipinski definition) is 9. The Kier molecular flexibility index (Phi) is 9.94. The van der Waals surface area contributed by atoms with Gasteiger partial charge in [0, 0.05) is 39.9 Å². The molecule has 52 heavy (non-hydrogen) atoms. The molecule has 15 heteroatoms. The molecule has 3 aromatic rings. The highest BCUT2D eigenvalue weighted by molar-refractivity contribution is 7.91. The quantitative estimate of drug-likeness (QED) is 0.228. The number of nitrogens with zero attached hydrogens (tertiary/aromatic N) is 3. The van der Waals surface area contributed by atoms with Crippen molar-refractivity contribution in [3.8, 4) is 11.6 Å². The molecule has 2 heterocycles. The van der Waals surface area contributed by atoms with E-state index in [1.54, 1.807) is 52.0 Å². The zero-order chi connectivity index (χ0) is 37.7. The molecular weight excluding hydrogens is 713 g/mol. The topological polar surface area (TPSA) is 147 Å². The number of aromatic nitrogens is 1. The van der Waals surface area contributed by atoms with Crippen molar-refractivity contribution in [2.75, 3.05) is 19.0 Å². The van der Waals surface area contributed by atoms with Crippen molar-refractivity contribution in [1.29, 1.82) is 0 Å². The summed E-state index contributed by atoms with van der Waals surface area (Å²) in [7, 11) is -2.52. The number of likely N-dealkylation sites (tertiary alicyclic amines) is 1. The van der Waals surface area contributed by atoms with Crippen molar-refractivity contribution in [3.63, 3.8) is 0 Å². The van der Waals surface area contributed by atoms with Gasteiger partial charge >= 0.3 is 6.03 Å². The monoisotopic (exact) mass is 755 g/mol. The number of imide groups is 1. The van der Waals surface area contributed by atoms with E-state index in [9.17, 15) is 27.2 Å². The van der Waals surface area contributed by atoms with Crippen LogP contribution in [0.2, 0.25) is 5.02 Å². The molecule has 1 aliphatic heterocycles. The third-order valence-corrected chi connectivity index (χ3v) is 12.0. The third-order valence-electron chi connectivity index (χ3n) is 9.98. The second-order valence-electron chi connectivity index (χ2n) is 14.9. The largest absolute Gasteiger partial charge is 0.494 e. The third kappa shape index (κ3) is 7.14. The fraction of sp³-hybridized carbons (Fsp3) is 0.459. The van der Waals surface area contributed by atoms with E-state index in [0.29, 0.717) is 35.4 Å². The zero-order valence-corrected chi connectivity index (χ0v) is 31.3. The van der Waals surface area contributed by atoms with Gasteiger partial charge < -0.3 is 19.7 Å². The number of nitrogens with one attached hydrogen (secondary N) is 2. The smallest absolute Gasteiger partial charge is 0.328 e. The van der Waals surface area contributed by atoms with E-state index in [0.717, 1.165) is 10.3 Å². The van der Waals surface area contributed by atoms with Crippen molar-refractivity contribution >= 4 is 55.9 Å². The number of rotatable bonds is 11. The maximum Gasteiger partial charge on any atom is 0.328 e. The number of sulfonamides is 1. The van der Waals surface area contributed by atoms with Gasteiger partial charge in [0.05, 0.1) is 25.1 Å². The number of methoxy groups -OCH3 is 1. The normalized spacial score (nSPS) is 23.4. The molecule has 2 aromatic carbocycles. The van der Waals surface area contributed by atoms with Gasteiger partial charge in [0.2, 0.25) is 15.9 Å². The summed E-state index contributed by atoms with van der Waals surface area (Å²) < 4.78 is 54.4. The van der Waals surface area contributed by atoms with Crippen LogP contribution in [0.4, 0.5) is 14.9 Å². The minimum absolute atomic E-state index is 0.0217. The number of fused-ring (bicyclic) bond motifs is 1. The summed E-state index contributed by atoms with van der Waals surface area (Å²) in [5.41, 5.74) is -2.47. The Morgan fingerprint density at radius 3 is 2.52 bits per heavy atom. The van der Waals surface area contributed by atoms with Gasteiger partial charge in [-0.2, -0.15) is 0 Å². The lowest BCUT2D eigenvalue weighted by Gasteiger charge is -2.40. The van der Waals surface area contributed by atoms with E-state index >= 15 is 0 Å². The molecule has 12 nitrogen and oxygen atoms in total. The van der Waals surface area contributed by atoms with Gasteiger partial charge in [0.25, 0.3) is 11.8 Å². The van der Waals surface area contributed by atoms with Gasteiger partial charge in [0.1, 0.15) is 29.3 Å². The SMILES string of the molecule is C=C[C@@H]1C[C@@]1(C(=O)NS(=O)(=O)C1CC1)N(C(=O)[C@H](Nc1cccc(F)c1)C(C)(C)C)C(=O)N1C[C@H](Oc2ncc(OC)c3ccc(Cl)cc23)CC1C. The van der Waals surface area contributed by atoms with Crippen LogP contribution in [0.5, 0.6) is 11.6 Å². The van der Waals surface area contributed by atoms with Crippen LogP contribution in [0, 0.1) is 17.2 Å². The molecule has 1 unspecified atom stereocenters. The van der Waals surface area contributed by atoms with E-state index in [1.165, 1.54) is 42.5 Å². The van der Waals surface area contributed by atoms with Gasteiger partial charge in [-0.1, -0.05) is 44.5 Å². The number of urea groups is 1. The van der Waals surface area contributed by atoms with Gasteiger partial charge in [-0.3, -0.25) is 14.3 Å². The fourth-order valence-electron chi connectivity index (χ4n) is 6.88. The number of carbonyl (C=O) groups excluding carboxylic acids is 3. The second-order valence-corrected chi connectivity index (χ2v) is 17.3. The summed E-state index contributed by atoms with van der Waals surface area (Å²) in [6.45, 7) is 11.0. The number of pyridine rings is 1. The van der Waals surface area contributed by atoms with Crippen LogP contribution < -0.4 is 19.5 Å². The first-order chi connectivity index (χ1) is 24.5. The average Bonchev–Trinajstić information content (AvgIpc) is 4.01. The van der Waals surface area contributed by atoms with Crippen molar-refractivity contribution in [3.05, 3.63) is 72.2 Å². The lowest BCUT2D eigenvalue weighted by Crippen LogP contribution is -2.64. The summed E-state index contributed by atoms with van der Waals surface area (Å²) in [6.07, 6.45) is 3.55. The molecule has 0 bridgehead atoms. The molecule has 5 atom stereocenters. The van der Waals surface area contributed by atoms with Gasteiger partial charge in [0.15, 0.2) is 0 Å². The summed E-state index contributed by atoms with van der Waals surface area (Å²) in [4.78, 5) is 50.8. The molecule has 2 aliphatic carbocycles. The van der Waals surface area contributed by atoms with E-state index in [-0.39, 0.29) is 24.5 Å². The first kappa shape index (κ1) is 37.3. The molecule has 0 radical (unpaired) electrons. The minimum Gasteiger partial charge on any atom is -0.494 e. The van der Waals surface area contributed by atoms with Gasteiger partial charge in [-0.15, -0.1) is 6.58 Å². The molecule has 2 saturated carbocycles. The van der Waals surface area contributed by atoms with Crippen LogP contribution in [-0.4, -0.2) is 83.7 Å². The molecule has 1 saturated heterocycles. The van der Waals surface area contributed by atoms with Crippen molar-refractivity contribution in [2.45, 2.75) is 82.4 Å². The van der Waals surface area contributed by atoms with Crippen molar-refractivity contribution in [2.24, 2.45) is 11.3 Å². The van der Waals surface area contributed by atoms with E-state index < -0.39 is 74.0 Å². The molecule has 3 fully saturated rings. The number of amides is 4. The Morgan fingerprint density at radius 2 is 1.90 bits per heavy atom. The summed E-state index contributed by atoms with van der Waals surface area (Å²) >= 11 is 6.31. The maximum absolute atomic E-state index is 15.0. The number of benzene rings is 2. The molecule has 4 amide bonds. The molecule has 3 aliphatic rings. The number of ether oxygens (including phenoxy) is 2. The first-order valence-corrected chi connectivity index (χ1v) is 19.1. The van der Waals surface area contributed by atoms with Gasteiger partial charge in [-0.25, -0.2) is 27.5 Å². The standard InChI is InChI=1S/C37H43ClFN5O7S/c1-7-22-18-37(22,34(46)42-52(48,49)27-12-13-27)44(33(45)31(36(3,4)5)41-25-10-8-9-24(39)17-25)35(47)43-20-26(15-21(43)2)51-32-29-16-23(38)11-14-28(29)30(50-6)19-40-32/h7-11,14,16-17,19,21-22,26-27,31,41H,1,12-13,15,18,20H2,2-6H3,(H,42,46)/t21?,22-,26-,31+,37-/m1/s1. The molecule has 0 spiro atoms. The van der Waals surface area contributed by atoms with Gasteiger partial charge in [-0.05, 0) is 68.0 Å². The molecule has 278 valence electrons. The Hall–Kier alpha value is -4.43. The predicted octanol–water partition coefficient (Wildman–Crippen LogP) is 5.91. The number of halogens is 2. The average molecular weight is 756 g/mol. The Labute approximate surface area is 307 Å². The first-order valence-electron chi connectivity index (χ1n) is 17.1. The summed E-state index contributed by atoms with van der Waals surface area (Å²) in [5, 5.41) is 4.16. The molecule has 6 rings (SSSR count). The van der Waals surface area contributed by atoms with Crippen LogP contribution in [0.15, 0.2) is 61.3 Å². The molecule has 1 aromatic heterocycles. The second kappa shape index (κ2) is 13.8. The van der Waals surface area contributed by atoms with Crippen LogP contribution >= 0.6 is 11.6 Å². The predicted molar refractivity (Wildman–Crippen MR) is 195 cm³/mol. The lowest BCUT2D eigenvalue weighted by atomic mass is 9.85. The Balaban J connectivity index is 1.36. The number of hydrogen-bond donors (Lipinski definition) is 2. The number of anilines is 1. The summed E-state index contributed by atoms with van der Waals surface area (Å²) in [5.74, 6) is -2.21. The van der Waals surface area contributed by atoms with E-state index in [4.69, 9.17) is 21.1 Å². The lowest BCUT2D eigenvalue weighted by molar-refractivity contribution is -0.141. The number of carbonyl (C=O) groups is 3. The Bertz CT molecular complexity index is 2040. The van der Waals surface area contributed by atoms with Crippen LogP contribution in [0.1, 0.15) is 53.4 Å². The minimum atomic E-state index is -4.05. The Morgan fingerprint density at radius 1 is 1.17 bits per heavy atom. The maximum atomic E-state index is 15.0. The molecular formula is C37H43ClFN5O7S. The van der Waals surface area contributed by atoms with Crippen LogP contribution in [-0.2, 0) is 19.6 Å². The molecule has 2 N–H and O–H groups in total. The highest BCUT2D eigenvalue weighted by atomic mass is 35.5. The summed E-state index contributed by atoms with van der Waals surface area (Å²) in [6, 6.07) is 8.37. The highest BCUT2D eigenvalue weighted by Gasteiger charge is 2.68. The van der Waals surface area contributed by atoms with Crippen molar-refractivity contribution < 1.29 is 36.7 Å². The van der Waals surface area contributed by atoms with Crippen molar-refractivity contribution in [1.82, 2.24) is 19.5 Å². The van der Waals surface area contributed by atoms with Crippen LogP contribution in [0.3, 0.4) is 0 Å². The van der Waals surface area contributed by atoms with E-state index in [2.05, 4.69) is 21.6 Å². The zero-order valence-electron chi connectivity index (χ0n) is 29.7.